The molecule has 2 aromatic carbocycles. The minimum Gasteiger partial charge on any atom is -0.495 e. The smallest absolute Gasteiger partial charge is 0.143 e. The first-order chi connectivity index (χ1) is 12.2. The topological polar surface area (TPSA) is 33.7 Å². The van der Waals surface area contributed by atoms with E-state index in [0.717, 1.165) is 31.1 Å². The third kappa shape index (κ3) is 4.72. The molecule has 0 spiro atoms. The van der Waals surface area contributed by atoms with Gasteiger partial charge in [-0.15, -0.1) is 0 Å². The van der Waals surface area contributed by atoms with E-state index in [1.165, 1.54) is 12.8 Å². The average molecular weight is 380 g/mol. The van der Waals surface area contributed by atoms with E-state index in [2.05, 4.69) is 16.3 Å². The Kier molecular flexibility index (Phi) is 6.29. The van der Waals surface area contributed by atoms with E-state index in [-0.39, 0.29) is 0 Å². The number of anilines is 2. The van der Waals surface area contributed by atoms with E-state index < -0.39 is 0 Å². The van der Waals surface area contributed by atoms with Gasteiger partial charge in [0, 0.05) is 18.7 Å². The summed E-state index contributed by atoms with van der Waals surface area (Å²) >= 11 is 12.4. The van der Waals surface area contributed by atoms with Gasteiger partial charge in [-0.05, 0) is 38.1 Å². The Morgan fingerprint density at radius 1 is 1.16 bits per heavy atom. The van der Waals surface area contributed by atoms with Gasteiger partial charge in [-0.1, -0.05) is 35.3 Å². The van der Waals surface area contributed by atoms with Crippen molar-refractivity contribution in [1.29, 1.82) is 0 Å². The lowest BCUT2D eigenvalue weighted by Gasteiger charge is -2.17. The Hall–Kier alpha value is -1.62. The van der Waals surface area contributed by atoms with Crippen LogP contribution in [0.15, 0.2) is 30.3 Å². The number of nitrogens with zero attached hydrogens (tertiary/aromatic N) is 1. The molecule has 1 aliphatic heterocycles. The van der Waals surface area contributed by atoms with Gasteiger partial charge in [0.25, 0.3) is 0 Å². The molecule has 6 heteroatoms. The van der Waals surface area contributed by atoms with Crippen molar-refractivity contribution >= 4 is 34.6 Å². The maximum Gasteiger partial charge on any atom is 0.143 e. The Morgan fingerprint density at radius 3 is 2.72 bits per heavy atom. The van der Waals surface area contributed by atoms with Crippen LogP contribution in [-0.2, 0) is 0 Å². The Labute approximate surface area is 158 Å². The summed E-state index contributed by atoms with van der Waals surface area (Å²) in [6.45, 7) is 3.90. The van der Waals surface area contributed by atoms with Crippen LogP contribution in [0.3, 0.4) is 0 Å². The second-order valence-electron chi connectivity index (χ2n) is 5.90. The van der Waals surface area contributed by atoms with Crippen molar-refractivity contribution in [2.75, 3.05) is 38.7 Å². The standard InChI is InChI=1S/C19H21Cl2N2O2/c1-24-19-13-17(14(20)12-15(19)21)22-16-6-2-3-7-18(16)25-11-10-23-8-4-5-9-23/h2-3,7,12-13,22H,4-5,8-11H2,1H3. The zero-order valence-electron chi connectivity index (χ0n) is 14.1. The summed E-state index contributed by atoms with van der Waals surface area (Å²) in [6.07, 6.45) is 2.56. The highest BCUT2D eigenvalue weighted by Gasteiger charge is 2.13. The molecule has 0 aromatic heterocycles. The summed E-state index contributed by atoms with van der Waals surface area (Å²) in [4.78, 5) is 2.42. The van der Waals surface area contributed by atoms with E-state index in [4.69, 9.17) is 32.7 Å². The van der Waals surface area contributed by atoms with Gasteiger partial charge in [0.1, 0.15) is 18.1 Å². The van der Waals surface area contributed by atoms with Crippen LogP contribution in [0.4, 0.5) is 11.4 Å². The first-order valence-electron chi connectivity index (χ1n) is 8.33. The molecular formula is C19H21Cl2N2O2. The molecule has 3 rings (SSSR count). The van der Waals surface area contributed by atoms with Crippen molar-refractivity contribution < 1.29 is 9.47 Å². The van der Waals surface area contributed by atoms with Crippen molar-refractivity contribution in [3.63, 3.8) is 0 Å². The van der Waals surface area contributed by atoms with Gasteiger partial charge in [-0.2, -0.15) is 0 Å². The van der Waals surface area contributed by atoms with Crippen molar-refractivity contribution in [1.82, 2.24) is 4.90 Å². The fraction of sp³-hybridized carbons (Fsp3) is 0.368. The number of hydrogen-bond donors (Lipinski definition) is 1. The first-order valence-corrected chi connectivity index (χ1v) is 9.09. The average Bonchev–Trinajstić information content (AvgIpc) is 3.12. The van der Waals surface area contributed by atoms with Gasteiger partial charge in [0.2, 0.25) is 0 Å². The normalized spacial score (nSPS) is 14.5. The number of hydrogen-bond acceptors (Lipinski definition) is 4. The van der Waals surface area contributed by atoms with Crippen LogP contribution < -0.4 is 14.8 Å². The SMILES string of the molecule is COc1cc(Nc2[c]cccc2OCCN2CCCC2)c(Cl)cc1Cl. The second-order valence-corrected chi connectivity index (χ2v) is 6.71. The van der Waals surface area contributed by atoms with Crippen LogP contribution in [0.5, 0.6) is 11.5 Å². The minimum absolute atomic E-state index is 0.470. The molecule has 0 atom stereocenters. The van der Waals surface area contributed by atoms with E-state index in [9.17, 15) is 0 Å². The van der Waals surface area contributed by atoms with Crippen molar-refractivity contribution in [3.8, 4) is 11.5 Å². The Bertz CT molecular complexity index is 719. The number of benzene rings is 2. The van der Waals surface area contributed by atoms with Crippen LogP contribution in [0.25, 0.3) is 0 Å². The van der Waals surface area contributed by atoms with Gasteiger partial charge in [0.15, 0.2) is 0 Å². The quantitative estimate of drug-likeness (QED) is 0.731. The summed E-state index contributed by atoms with van der Waals surface area (Å²) in [5.41, 5.74) is 1.42. The van der Waals surface area contributed by atoms with Gasteiger partial charge in [-0.25, -0.2) is 0 Å². The molecular weight excluding hydrogens is 359 g/mol. The van der Waals surface area contributed by atoms with Crippen molar-refractivity contribution in [2.45, 2.75) is 12.8 Å². The highest BCUT2D eigenvalue weighted by Crippen LogP contribution is 2.37. The number of methoxy groups -OCH3 is 1. The van der Waals surface area contributed by atoms with E-state index >= 15 is 0 Å². The van der Waals surface area contributed by atoms with Gasteiger partial charge in [0.05, 0.1) is 28.5 Å². The summed E-state index contributed by atoms with van der Waals surface area (Å²) < 4.78 is 11.2. The summed E-state index contributed by atoms with van der Waals surface area (Å²) in [5, 5.41) is 4.23. The molecule has 4 nitrogen and oxygen atoms in total. The number of ether oxygens (including phenoxy) is 2. The molecule has 2 aromatic rings. The van der Waals surface area contributed by atoms with Gasteiger partial charge in [-0.3, -0.25) is 4.90 Å². The summed E-state index contributed by atoms with van der Waals surface area (Å²) in [6, 6.07) is 12.2. The maximum absolute atomic E-state index is 6.29. The molecule has 1 N–H and O–H groups in total. The molecule has 0 unspecified atom stereocenters. The van der Waals surface area contributed by atoms with Crippen molar-refractivity contribution in [3.05, 3.63) is 46.4 Å². The predicted molar refractivity (Wildman–Crippen MR) is 103 cm³/mol. The van der Waals surface area contributed by atoms with Crippen LogP contribution in [0, 0.1) is 6.07 Å². The van der Waals surface area contributed by atoms with E-state index in [1.54, 1.807) is 19.2 Å². The van der Waals surface area contributed by atoms with Crippen LogP contribution in [0.1, 0.15) is 12.8 Å². The summed E-state index contributed by atoms with van der Waals surface area (Å²) in [7, 11) is 1.57. The molecule has 0 saturated carbocycles. The molecule has 1 heterocycles. The monoisotopic (exact) mass is 379 g/mol. The number of halogens is 2. The zero-order chi connectivity index (χ0) is 17.6. The molecule has 0 bridgehead atoms. The number of nitrogens with one attached hydrogen (secondary N) is 1. The minimum atomic E-state index is 0.470. The molecule has 133 valence electrons. The number of likely N-dealkylation sites (tertiary alicyclic amines) is 1. The molecule has 1 fully saturated rings. The van der Waals surface area contributed by atoms with Crippen LogP contribution in [0.2, 0.25) is 10.0 Å². The highest BCUT2D eigenvalue weighted by atomic mass is 35.5. The fourth-order valence-electron chi connectivity index (χ4n) is 2.85. The fourth-order valence-corrected chi connectivity index (χ4v) is 3.35. The Morgan fingerprint density at radius 2 is 1.96 bits per heavy atom. The van der Waals surface area contributed by atoms with Gasteiger partial charge < -0.3 is 14.8 Å². The van der Waals surface area contributed by atoms with Gasteiger partial charge >= 0.3 is 0 Å². The number of para-hydroxylation sites is 1. The molecule has 1 saturated heterocycles. The number of rotatable bonds is 7. The Balaban J connectivity index is 1.70. The third-order valence-electron chi connectivity index (χ3n) is 4.18. The highest BCUT2D eigenvalue weighted by molar-refractivity contribution is 6.37. The molecule has 1 aliphatic rings. The molecule has 0 amide bonds. The predicted octanol–water partition coefficient (Wildman–Crippen LogP) is 5.02. The zero-order valence-corrected chi connectivity index (χ0v) is 15.7. The van der Waals surface area contributed by atoms with Crippen molar-refractivity contribution in [2.24, 2.45) is 0 Å². The largest absolute Gasteiger partial charge is 0.495 e. The lowest BCUT2D eigenvalue weighted by Crippen LogP contribution is -2.25. The van der Waals surface area contributed by atoms with E-state index in [0.29, 0.717) is 28.1 Å². The summed E-state index contributed by atoms with van der Waals surface area (Å²) in [5.74, 6) is 1.30. The molecule has 0 aliphatic carbocycles. The van der Waals surface area contributed by atoms with Crippen LogP contribution in [-0.4, -0.2) is 38.3 Å². The van der Waals surface area contributed by atoms with Crippen LogP contribution >= 0.6 is 23.2 Å². The third-order valence-corrected chi connectivity index (χ3v) is 4.79. The lowest BCUT2D eigenvalue weighted by atomic mass is 10.2. The molecule has 1 radical (unpaired) electrons. The second kappa shape index (κ2) is 8.65. The van der Waals surface area contributed by atoms with E-state index in [1.807, 2.05) is 18.2 Å². The lowest BCUT2D eigenvalue weighted by molar-refractivity contribution is 0.238. The maximum atomic E-state index is 6.29. The molecule has 25 heavy (non-hydrogen) atoms. The first kappa shape index (κ1) is 18.2.